The van der Waals surface area contributed by atoms with Crippen molar-refractivity contribution in [1.29, 1.82) is 0 Å². The first-order valence-corrected chi connectivity index (χ1v) is 2.10. The van der Waals surface area contributed by atoms with Crippen LogP contribution < -0.4 is 6.15 Å². The third-order valence-corrected chi connectivity index (χ3v) is 0. The van der Waals surface area contributed by atoms with Crippen molar-refractivity contribution in [3.05, 3.63) is 0 Å². The van der Waals surface area contributed by atoms with E-state index in [0.29, 0.717) is 0 Å². The van der Waals surface area contributed by atoms with E-state index in [4.69, 9.17) is 17.5 Å². The van der Waals surface area contributed by atoms with Crippen LogP contribution in [0.4, 0.5) is 0 Å². The fourth-order valence-corrected chi connectivity index (χ4v) is 0. The van der Waals surface area contributed by atoms with Crippen LogP contribution in [0.5, 0.6) is 0 Å². The van der Waals surface area contributed by atoms with Crippen molar-refractivity contribution in [1.82, 2.24) is 6.15 Å². The summed E-state index contributed by atoms with van der Waals surface area (Å²) in [5, 5.41) is 0. The minimum atomic E-state index is -4.67. The molecule has 0 saturated carbocycles. The third kappa shape index (κ3) is 98.1. The van der Waals surface area contributed by atoms with Crippen LogP contribution in [0, 0.1) is 0 Å². The van der Waals surface area contributed by atoms with Crippen LogP contribution in [-0.2, 0) is 10.4 Å². The average molecular weight is 185 g/mol. The van der Waals surface area contributed by atoms with E-state index >= 15 is 0 Å². The van der Waals surface area contributed by atoms with Gasteiger partial charge in [-0.2, -0.15) is 8.42 Å². The van der Waals surface area contributed by atoms with Crippen molar-refractivity contribution in [2.24, 2.45) is 0 Å². The van der Waals surface area contributed by atoms with Gasteiger partial charge in [0.2, 0.25) is 0 Å². The normalized spacial score (nSPS) is 7.25. The molecule has 8 heteroatoms. The van der Waals surface area contributed by atoms with Crippen LogP contribution in [0.25, 0.3) is 0 Å². The van der Waals surface area contributed by atoms with Gasteiger partial charge < -0.3 is 6.15 Å². The molecule has 48 valence electrons. The SMILES string of the molecule is N.O=S(=O)(O)O.[AlH3].[KH]. The maximum absolute atomic E-state index is 8.74. The van der Waals surface area contributed by atoms with Crippen LogP contribution in [-0.4, -0.2) is 86.3 Å². The molecule has 0 aromatic rings. The Hall–Kier alpha value is 2.00. The number of hydrogen-bond donors (Lipinski definition) is 3. The van der Waals surface area contributed by atoms with E-state index in [1.54, 1.807) is 0 Å². The van der Waals surface area contributed by atoms with Crippen molar-refractivity contribution < 1.29 is 17.5 Å². The fourth-order valence-electron chi connectivity index (χ4n) is 0. The number of hydrogen-bond acceptors (Lipinski definition) is 3. The Labute approximate surface area is 101 Å². The van der Waals surface area contributed by atoms with Crippen LogP contribution in [0.3, 0.4) is 0 Å². The summed E-state index contributed by atoms with van der Waals surface area (Å²) < 4.78 is 31.6. The van der Waals surface area contributed by atoms with Crippen molar-refractivity contribution in [2.45, 2.75) is 0 Å². The number of rotatable bonds is 0. The molecular weight excluding hydrogens is 176 g/mol. The van der Waals surface area contributed by atoms with Crippen LogP contribution >= 0.6 is 0 Å². The van der Waals surface area contributed by atoms with E-state index in [1.165, 1.54) is 0 Å². The van der Waals surface area contributed by atoms with E-state index < -0.39 is 10.4 Å². The first-order valence-electron chi connectivity index (χ1n) is 0.698. The molecule has 0 aliphatic carbocycles. The van der Waals surface area contributed by atoms with Gasteiger partial charge in [0, 0.05) is 0 Å². The fraction of sp³-hybridized carbons (Fsp3) is 0. The monoisotopic (exact) mass is 185 g/mol. The topological polar surface area (TPSA) is 110 Å². The molecule has 0 amide bonds. The zero-order valence-corrected chi connectivity index (χ0v) is 3.64. The van der Waals surface area contributed by atoms with Gasteiger partial charge in [0.25, 0.3) is 0 Å². The molecule has 0 radical (unpaired) electrons. The van der Waals surface area contributed by atoms with E-state index in [1.807, 2.05) is 0 Å². The van der Waals surface area contributed by atoms with E-state index in [9.17, 15) is 0 Å². The molecule has 0 bridgehead atoms. The molecule has 0 spiro atoms. The van der Waals surface area contributed by atoms with Crippen LogP contribution in [0.15, 0.2) is 0 Å². The Morgan fingerprint density at radius 1 is 1.12 bits per heavy atom. The average Bonchev–Trinajstić information content (AvgIpc) is 0.722. The molecule has 0 aliphatic rings. The van der Waals surface area contributed by atoms with Gasteiger partial charge in [0.15, 0.2) is 17.4 Å². The third-order valence-electron chi connectivity index (χ3n) is 0. The zero-order valence-electron chi connectivity index (χ0n) is 2.83. The standard InChI is InChI=1S/Al.K.H3N.H2O4S.4H/c;;;1-5(2,3)4;;;;/h;;1H3;(H2,1,2,3,4);;;;. The van der Waals surface area contributed by atoms with Gasteiger partial charge in [0.1, 0.15) is 0 Å². The van der Waals surface area contributed by atoms with E-state index in [2.05, 4.69) is 0 Å². The predicted octanol–water partition coefficient (Wildman–Crippen LogP) is -2.32. The van der Waals surface area contributed by atoms with Gasteiger partial charge in [0.05, 0.1) is 0 Å². The molecule has 0 rings (SSSR count). The maximum atomic E-state index is 8.74. The quantitative estimate of drug-likeness (QED) is 0.290. The summed E-state index contributed by atoms with van der Waals surface area (Å²) in [5.74, 6) is 0. The van der Waals surface area contributed by atoms with Crippen molar-refractivity contribution >= 4 is 79.1 Å². The van der Waals surface area contributed by atoms with Gasteiger partial charge in [-0.15, -0.1) is 0 Å². The molecule has 0 aromatic carbocycles. The van der Waals surface area contributed by atoms with Crippen molar-refractivity contribution in [3.8, 4) is 0 Å². The van der Waals surface area contributed by atoms with Gasteiger partial charge >= 0.3 is 61.8 Å². The summed E-state index contributed by atoms with van der Waals surface area (Å²) in [6.45, 7) is 0. The molecule has 0 saturated heterocycles. The van der Waals surface area contributed by atoms with Gasteiger partial charge in [-0.05, 0) is 0 Å². The first-order chi connectivity index (χ1) is 2.00. The summed E-state index contributed by atoms with van der Waals surface area (Å²) in [7, 11) is -4.67. The summed E-state index contributed by atoms with van der Waals surface area (Å²) in [6.07, 6.45) is 0. The second-order valence-corrected chi connectivity index (χ2v) is 1.34. The summed E-state index contributed by atoms with van der Waals surface area (Å²) in [5.41, 5.74) is 0. The van der Waals surface area contributed by atoms with Gasteiger partial charge in [-0.1, -0.05) is 0 Å². The summed E-state index contributed by atoms with van der Waals surface area (Å²) in [4.78, 5) is 0. The molecule has 5 N–H and O–H groups in total. The van der Waals surface area contributed by atoms with Crippen LogP contribution in [0.1, 0.15) is 0 Å². The van der Waals surface area contributed by atoms with Crippen molar-refractivity contribution in [3.63, 3.8) is 0 Å². The van der Waals surface area contributed by atoms with Gasteiger partial charge in [-0.25, -0.2) is 0 Å². The first kappa shape index (κ1) is 22.5. The molecule has 8 heavy (non-hydrogen) atoms. The summed E-state index contributed by atoms with van der Waals surface area (Å²) in [6, 6.07) is 0. The molecule has 0 atom stereocenters. The Morgan fingerprint density at radius 2 is 1.12 bits per heavy atom. The molecule has 5 nitrogen and oxygen atoms in total. The molecule has 0 heterocycles. The molecular formula is H9AlKNO4S. The Kier molecular flexibility index (Phi) is 25.3. The van der Waals surface area contributed by atoms with Crippen molar-refractivity contribution in [2.75, 3.05) is 0 Å². The molecule has 0 fully saturated rings. The minimum absolute atomic E-state index is 0. The zero-order chi connectivity index (χ0) is 4.50. The van der Waals surface area contributed by atoms with E-state index in [-0.39, 0.29) is 74.9 Å². The molecule has 0 unspecified atom stereocenters. The van der Waals surface area contributed by atoms with E-state index in [0.717, 1.165) is 0 Å². The molecule has 0 aromatic heterocycles. The summed E-state index contributed by atoms with van der Waals surface area (Å²) >= 11 is 0. The Balaban J connectivity index is -0.0000000267. The van der Waals surface area contributed by atoms with Crippen LogP contribution in [0.2, 0.25) is 0 Å². The second-order valence-electron chi connectivity index (χ2n) is 0.448. The second kappa shape index (κ2) is 9.00. The Bertz CT molecular complexity index is 99.2. The molecule has 0 aliphatic heterocycles. The van der Waals surface area contributed by atoms with Gasteiger partial charge in [-0.3, -0.25) is 9.11 Å². The Morgan fingerprint density at radius 3 is 1.12 bits per heavy atom. The predicted molar refractivity (Wildman–Crippen MR) is 36.3 cm³/mol.